The zero-order valence-corrected chi connectivity index (χ0v) is 21.0. The molecule has 4 fully saturated rings. The first-order chi connectivity index (χ1) is 17.5. The summed E-state index contributed by atoms with van der Waals surface area (Å²) in [6.07, 6.45) is 6.56. The number of halogens is 2. The van der Waals surface area contributed by atoms with Crippen LogP contribution in [0.15, 0.2) is 28.8 Å². The van der Waals surface area contributed by atoms with Gasteiger partial charge in [0.05, 0.1) is 17.7 Å². The van der Waals surface area contributed by atoms with Gasteiger partial charge in [-0.15, -0.1) is 0 Å². The maximum absolute atomic E-state index is 13.7. The quantitative estimate of drug-likeness (QED) is 0.509. The van der Waals surface area contributed by atoms with E-state index >= 15 is 0 Å². The van der Waals surface area contributed by atoms with Crippen LogP contribution >= 0.6 is 0 Å². The predicted molar refractivity (Wildman–Crippen MR) is 130 cm³/mol. The summed E-state index contributed by atoms with van der Waals surface area (Å²) < 4.78 is 32.3. The van der Waals surface area contributed by atoms with E-state index in [1.165, 1.54) is 0 Å². The molecule has 0 spiro atoms. The van der Waals surface area contributed by atoms with Crippen molar-refractivity contribution in [1.82, 2.24) is 15.5 Å². The first-order valence-corrected chi connectivity index (χ1v) is 13.0. The summed E-state index contributed by atoms with van der Waals surface area (Å²) in [6.45, 7) is 0.754. The Morgan fingerprint density at radius 3 is 2.57 bits per heavy atom. The number of carbonyl (C=O) groups is 1. The van der Waals surface area contributed by atoms with Gasteiger partial charge in [0.15, 0.2) is 5.82 Å². The molecule has 4 aliphatic carbocycles. The monoisotopic (exact) mass is 513 g/mol. The van der Waals surface area contributed by atoms with Crippen molar-refractivity contribution in [2.24, 2.45) is 11.1 Å². The number of rotatable bonds is 6. The van der Waals surface area contributed by atoms with Crippen molar-refractivity contribution in [3.63, 3.8) is 0 Å². The van der Waals surface area contributed by atoms with Crippen LogP contribution in [0.4, 0.5) is 13.6 Å². The molecule has 0 saturated heterocycles. The van der Waals surface area contributed by atoms with Crippen molar-refractivity contribution in [3.05, 3.63) is 47.1 Å². The highest BCUT2D eigenvalue weighted by molar-refractivity contribution is 5.73. The maximum atomic E-state index is 13.7. The number of urea groups is 1. The molecule has 1 heterocycles. The van der Waals surface area contributed by atoms with Crippen LogP contribution in [0.2, 0.25) is 0 Å². The van der Waals surface area contributed by atoms with E-state index in [-0.39, 0.29) is 16.7 Å². The minimum absolute atomic E-state index is 0.0706. The van der Waals surface area contributed by atoms with Crippen LogP contribution in [0.5, 0.6) is 0 Å². The van der Waals surface area contributed by atoms with Gasteiger partial charge in [-0.1, -0.05) is 17.3 Å². The van der Waals surface area contributed by atoms with Crippen molar-refractivity contribution in [2.45, 2.75) is 100 Å². The van der Waals surface area contributed by atoms with Gasteiger partial charge >= 0.3 is 12.0 Å². The summed E-state index contributed by atoms with van der Waals surface area (Å²) in [5.74, 6) is -3.65. The van der Waals surface area contributed by atoms with Crippen LogP contribution in [-0.4, -0.2) is 32.9 Å². The molecule has 1 aromatic carbocycles. The standard InChI is InChI=1S/C27H33F2N5O3/c1-24(28,29)22-32-21(34-37-22)26-10-7-25(8-11-26,9-12-26)16-27(33-23(31)36)6-5-19(35)14-20(27)18-4-2-3-17(13-18)15-30/h2-4,13,19-20,35H,5-12,14,16H2,1H3,(H3,31,33,36)/t19-,20-,25?,26?,27-/m1/s1. The van der Waals surface area contributed by atoms with Crippen molar-refractivity contribution in [2.75, 3.05) is 0 Å². The Kier molecular flexibility index (Phi) is 6.26. The second-order valence-electron chi connectivity index (χ2n) is 11.6. The number of benzene rings is 1. The molecule has 0 unspecified atom stereocenters. The number of primary amides is 1. The number of aromatic nitrogens is 2. The zero-order chi connectivity index (χ0) is 26.5. The molecule has 0 radical (unpaired) electrons. The van der Waals surface area contributed by atoms with Gasteiger partial charge < -0.3 is 20.7 Å². The number of nitrogens with one attached hydrogen (secondary N) is 1. The Morgan fingerprint density at radius 1 is 1.27 bits per heavy atom. The number of alkyl halides is 2. The molecule has 4 aliphatic rings. The highest BCUT2D eigenvalue weighted by atomic mass is 19.3. The number of hydrogen-bond donors (Lipinski definition) is 3. The molecular weight excluding hydrogens is 480 g/mol. The average molecular weight is 514 g/mol. The summed E-state index contributed by atoms with van der Waals surface area (Å²) >= 11 is 0. The predicted octanol–water partition coefficient (Wildman–Crippen LogP) is 4.77. The van der Waals surface area contributed by atoms with E-state index in [0.717, 1.165) is 51.0 Å². The van der Waals surface area contributed by atoms with Crippen LogP contribution in [0.1, 0.15) is 99.9 Å². The molecule has 3 atom stereocenters. The third-order valence-electron chi connectivity index (χ3n) is 9.26. The van der Waals surface area contributed by atoms with Gasteiger partial charge in [0.2, 0.25) is 0 Å². The lowest BCUT2D eigenvalue weighted by atomic mass is 9.49. The number of nitriles is 1. The topological polar surface area (TPSA) is 138 Å². The SMILES string of the molecule is CC(F)(F)c1nc(C23CCC(C[C@]4(NC(N)=O)CC[C@@H](O)C[C@@H]4c4cccc(C#N)c4)(CC2)CC3)no1. The molecule has 10 heteroatoms. The van der Waals surface area contributed by atoms with E-state index in [9.17, 15) is 23.9 Å². The smallest absolute Gasteiger partial charge is 0.322 e. The fourth-order valence-corrected chi connectivity index (χ4v) is 7.30. The van der Waals surface area contributed by atoms with E-state index in [0.29, 0.717) is 37.1 Å². The molecule has 198 valence electrons. The van der Waals surface area contributed by atoms with Gasteiger partial charge in [0, 0.05) is 23.8 Å². The molecule has 8 nitrogen and oxygen atoms in total. The Balaban J connectivity index is 1.43. The fraction of sp³-hybridized carbons (Fsp3) is 0.630. The fourth-order valence-electron chi connectivity index (χ4n) is 7.30. The summed E-state index contributed by atoms with van der Waals surface area (Å²) in [5, 5.41) is 27.1. The van der Waals surface area contributed by atoms with E-state index in [1.807, 2.05) is 18.2 Å². The van der Waals surface area contributed by atoms with Crippen LogP contribution in [0.25, 0.3) is 0 Å². The summed E-state index contributed by atoms with van der Waals surface area (Å²) in [5.41, 5.74) is 6.05. The van der Waals surface area contributed by atoms with Crippen LogP contribution in [-0.2, 0) is 11.3 Å². The van der Waals surface area contributed by atoms with Gasteiger partial charge in [-0.05, 0) is 87.3 Å². The largest absolute Gasteiger partial charge is 0.393 e. The van der Waals surface area contributed by atoms with E-state index < -0.39 is 29.5 Å². The Bertz CT molecular complexity index is 1190. The third kappa shape index (κ3) is 4.70. The first kappa shape index (κ1) is 25.6. The lowest BCUT2D eigenvalue weighted by molar-refractivity contribution is -0.0196. The van der Waals surface area contributed by atoms with Gasteiger partial charge in [0.25, 0.3) is 5.89 Å². The van der Waals surface area contributed by atoms with Crippen molar-refractivity contribution < 1.29 is 23.2 Å². The molecular formula is C27H33F2N5O3. The van der Waals surface area contributed by atoms with Crippen LogP contribution in [0, 0.1) is 16.7 Å². The second kappa shape index (κ2) is 9.05. The normalized spacial score (nSPS) is 33.6. The molecule has 6 rings (SSSR count). The van der Waals surface area contributed by atoms with Crippen molar-refractivity contribution >= 4 is 6.03 Å². The minimum Gasteiger partial charge on any atom is -0.393 e. The summed E-state index contributed by atoms with van der Waals surface area (Å²) in [7, 11) is 0. The van der Waals surface area contributed by atoms with Gasteiger partial charge in [-0.2, -0.15) is 19.0 Å². The van der Waals surface area contributed by atoms with Gasteiger partial charge in [0.1, 0.15) is 0 Å². The third-order valence-corrected chi connectivity index (χ3v) is 9.26. The maximum Gasteiger partial charge on any atom is 0.322 e. The number of aliphatic hydroxyl groups is 1. The number of hydrogen-bond acceptors (Lipinski definition) is 6. The van der Waals surface area contributed by atoms with Crippen LogP contribution in [0.3, 0.4) is 0 Å². The molecule has 4 N–H and O–H groups in total. The Morgan fingerprint density at radius 2 is 1.97 bits per heavy atom. The van der Waals surface area contributed by atoms with Crippen molar-refractivity contribution in [3.8, 4) is 6.07 Å². The number of carbonyl (C=O) groups excluding carboxylic acids is 1. The van der Waals surface area contributed by atoms with Crippen molar-refractivity contribution in [1.29, 1.82) is 5.26 Å². The molecule has 2 bridgehead atoms. The van der Waals surface area contributed by atoms with Gasteiger partial charge in [-0.3, -0.25) is 0 Å². The number of nitrogens with two attached hydrogens (primary N) is 1. The number of fused-ring (bicyclic) bond motifs is 3. The molecule has 1 aromatic heterocycles. The number of amides is 2. The zero-order valence-electron chi connectivity index (χ0n) is 21.0. The lowest BCUT2D eigenvalue weighted by Gasteiger charge is -2.57. The molecule has 2 amide bonds. The minimum atomic E-state index is -3.18. The summed E-state index contributed by atoms with van der Waals surface area (Å²) in [6, 6.07) is 8.93. The molecule has 4 saturated carbocycles. The Hall–Kier alpha value is -3.06. The highest BCUT2D eigenvalue weighted by Crippen LogP contribution is 2.61. The second-order valence-corrected chi connectivity index (χ2v) is 11.6. The van der Waals surface area contributed by atoms with E-state index in [1.54, 1.807) is 6.07 Å². The average Bonchev–Trinajstić information content (AvgIpc) is 3.38. The van der Waals surface area contributed by atoms with E-state index in [4.69, 9.17) is 10.3 Å². The molecule has 37 heavy (non-hydrogen) atoms. The van der Waals surface area contributed by atoms with Gasteiger partial charge in [-0.25, -0.2) is 4.79 Å². The first-order valence-electron chi connectivity index (χ1n) is 13.0. The summed E-state index contributed by atoms with van der Waals surface area (Å²) in [4.78, 5) is 16.4. The van der Waals surface area contributed by atoms with Crippen LogP contribution < -0.4 is 11.1 Å². The molecule has 2 aromatic rings. The number of nitrogens with zero attached hydrogens (tertiary/aromatic N) is 3. The molecule has 0 aliphatic heterocycles. The van der Waals surface area contributed by atoms with E-state index in [2.05, 4.69) is 21.5 Å². The highest BCUT2D eigenvalue weighted by Gasteiger charge is 2.56. The number of aliphatic hydroxyl groups excluding tert-OH is 1. The lowest BCUT2D eigenvalue weighted by Crippen LogP contribution is -2.60. The Labute approximate surface area is 214 Å².